The van der Waals surface area contributed by atoms with Crippen LogP contribution in [0.4, 0.5) is 5.69 Å². The highest BCUT2D eigenvalue weighted by Gasteiger charge is 2.29. The lowest BCUT2D eigenvalue weighted by Gasteiger charge is -2.21. The van der Waals surface area contributed by atoms with Gasteiger partial charge < -0.3 is 24.3 Å². The van der Waals surface area contributed by atoms with Crippen LogP contribution in [0.2, 0.25) is 5.02 Å². The van der Waals surface area contributed by atoms with E-state index < -0.39 is 5.97 Å². The van der Waals surface area contributed by atoms with Gasteiger partial charge in [0.1, 0.15) is 0 Å². The molecule has 122 valence electrons. The number of hydrogen-bond acceptors (Lipinski definition) is 5. The smallest absolute Gasteiger partial charge is 0.231 e. The summed E-state index contributed by atoms with van der Waals surface area (Å²) in [4.78, 5) is 25.4. The molecule has 0 aliphatic carbocycles. The molecule has 1 amide bonds. The van der Waals surface area contributed by atoms with E-state index in [1.807, 2.05) is 0 Å². The first-order valence-corrected chi connectivity index (χ1v) is 7.64. The third-order valence-electron chi connectivity index (χ3n) is 4.13. The SMILES string of the molecule is O=C([O-])c1c(CN2C(=O)Cc3cc(Cl)ccc32)ccc2c1OCO2. The van der Waals surface area contributed by atoms with Gasteiger partial charge in [-0.15, -0.1) is 0 Å². The topological polar surface area (TPSA) is 78.9 Å². The van der Waals surface area contributed by atoms with E-state index in [0.717, 1.165) is 11.3 Å². The van der Waals surface area contributed by atoms with Gasteiger partial charge in [-0.1, -0.05) is 17.7 Å². The monoisotopic (exact) mass is 344 g/mol. The Labute approximate surface area is 142 Å². The molecule has 0 radical (unpaired) electrons. The molecule has 0 saturated carbocycles. The lowest BCUT2D eigenvalue weighted by molar-refractivity contribution is -0.255. The Morgan fingerprint density at radius 2 is 2.08 bits per heavy atom. The zero-order valence-electron chi connectivity index (χ0n) is 12.4. The Bertz CT molecular complexity index is 880. The van der Waals surface area contributed by atoms with Crippen LogP contribution >= 0.6 is 11.6 Å². The largest absolute Gasteiger partial charge is 0.545 e. The van der Waals surface area contributed by atoms with Gasteiger partial charge in [0.25, 0.3) is 0 Å². The number of ether oxygens (including phenoxy) is 2. The predicted octanol–water partition coefficient (Wildman–Crippen LogP) is 1.52. The van der Waals surface area contributed by atoms with Crippen molar-refractivity contribution in [2.24, 2.45) is 0 Å². The van der Waals surface area contributed by atoms with Crippen LogP contribution < -0.4 is 19.5 Å². The lowest BCUT2D eigenvalue weighted by atomic mass is 10.0. The minimum atomic E-state index is -1.37. The number of halogens is 1. The molecular formula is C17H11ClNO5-. The molecule has 0 aromatic heterocycles. The summed E-state index contributed by atoms with van der Waals surface area (Å²) in [6.45, 7) is 0.0659. The van der Waals surface area contributed by atoms with Crippen molar-refractivity contribution in [3.8, 4) is 11.5 Å². The standard InChI is InChI=1S/C17H12ClNO5/c18-11-2-3-12-10(5-11)6-14(20)19(12)7-9-1-4-13-16(24-8-23-13)15(9)17(21)22/h1-5H,6-8H2,(H,21,22)/p-1. The number of anilines is 1. The molecule has 2 aliphatic heterocycles. The van der Waals surface area contributed by atoms with Crippen LogP contribution in [0, 0.1) is 0 Å². The van der Waals surface area contributed by atoms with E-state index in [2.05, 4.69) is 0 Å². The van der Waals surface area contributed by atoms with E-state index in [0.29, 0.717) is 16.3 Å². The van der Waals surface area contributed by atoms with Crippen LogP contribution in [0.1, 0.15) is 21.5 Å². The molecule has 0 bridgehead atoms. The van der Waals surface area contributed by atoms with Crippen molar-refractivity contribution in [3.63, 3.8) is 0 Å². The van der Waals surface area contributed by atoms with E-state index in [4.69, 9.17) is 21.1 Å². The Morgan fingerprint density at radius 3 is 2.88 bits per heavy atom. The van der Waals surface area contributed by atoms with Crippen LogP contribution in [0.5, 0.6) is 11.5 Å². The summed E-state index contributed by atoms with van der Waals surface area (Å²) in [6, 6.07) is 8.45. The predicted molar refractivity (Wildman–Crippen MR) is 83.2 cm³/mol. The minimum Gasteiger partial charge on any atom is -0.545 e. The van der Waals surface area contributed by atoms with Crippen LogP contribution in [0.25, 0.3) is 0 Å². The van der Waals surface area contributed by atoms with Crippen LogP contribution in [-0.4, -0.2) is 18.7 Å². The molecule has 0 N–H and O–H groups in total. The molecule has 0 atom stereocenters. The van der Waals surface area contributed by atoms with Gasteiger partial charge in [0.2, 0.25) is 12.7 Å². The third-order valence-corrected chi connectivity index (χ3v) is 4.37. The Morgan fingerprint density at radius 1 is 1.25 bits per heavy atom. The van der Waals surface area contributed by atoms with Crippen molar-refractivity contribution < 1.29 is 24.2 Å². The highest BCUT2D eigenvalue weighted by atomic mass is 35.5. The second-order valence-corrected chi connectivity index (χ2v) is 5.99. The second kappa shape index (κ2) is 5.42. The highest BCUT2D eigenvalue weighted by Crippen LogP contribution is 2.39. The Balaban J connectivity index is 1.75. The number of rotatable bonds is 3. The molecule has 2 aromatic carbocycles. The van der Waals surface area contributed by atoms with Gasteiger partial charge in [0, 0.05) is 16.3 Å². The number of benzene rings is 2. The maximum absolute atomic E-state index is 12.3. The molecule has 2 aromatic rings. The zero-order chi connectivity index (χ0) is 16.8. The second-order valence-electron chi connectivity index (χ2n) is 5.55. The number of fused-ring (bicyclic) bond motifs is 2. The van der Waals surface area contributed by atoms with Gasteiger partial charge in [-0.05, 0) is 35.4 Å². The van der Waals surface area contributed by atoms with Gasteiger partial charge >= 0.3 is 0 Å². The van der Waals surface area contributed by atoms with Gasteiger partial charge in [0.05, 0.1) is 18.9 Å². The first-order chi connectivity index (χ1) is 11.5. The number of amides is 1. The zero-order valence-corrected chi connectivity index (χ0v) is 13.1. The molecular weight excluding hydrogens is 334 g/mol. The van der Waals surface area contributed by atoms with E-state index in [9.17, 15) is 14.7 Å². The molecule has 0 spiro atoms. The van der Waals surface area contributed by atoms with Crippen molar-refractivity contribution in [3.05, 3.63) is 52.0 Å². The first-order valence-electron chi connectivity index (χ1n) is 7.26. The summed E-state index contributed by atoms with van der Waals surface area (Å²) >= 11 is 5.96. The van der Waals surface area contributed by atoms with Crippen LogP contribution in [0.3, 0.4) is 0 Å². The fourth-order valence-electron chi connectivity index (χ4n) is 3.06. The first kappa shape index (κ1) is 14.8. The maximum atomic E-state index is 12.3. The number of carbonyl (C=O) groups is 2. The molecule has 6 nitrogen and oxygen atoms in total. The quantitative estimate of drug-likeness (QED) is 0.843. The number of nitrogens with zero attached hydrogens (tertiary/aromatic N) is 1. The summed E-state index contributed by atoms with van der Waals surface area (Å²) in [6.07, 6.45) is 0.237. The third kappa shape index (κ3) is 2.27. The molecule has 4 rings (SSSR count). The van der Waals surface area contributed by atoms with Gasteiger partial charge in [-0.3, -0.25) is 4.79 Å². The molecule has 24 heavy (non-hydrogen) atoms. The molecule has 7 heteroatoms. The number of hydrogen-bond donors (Lipinski definition) is 0. The van der Waals surface area contributed by atoms with Crippen molar-refractivity contribution in [2.45, 2.75) is 13.0 Å². The van der Waals surface area contributed by atoms with Gasteiger partial charge in [-0.25, -0.2) is 0 Å². The molecule has 2 heterocycles. The number of carbonyl (C=O) groups excluding carboxylic acids is 2. The fraction of sp³-hybridized carbons (Fsp3) is 0.176. The van der Waals surface area contributed by atoms with Crippen molar-refractivity contribution in [2.75, 3.05) is 11.7 Å². The Kier molecular flexibility index (Phi) is 3.35. The Hall–Kier alpha value is -2.73. The maximum Gasteiger partial charge on any atom is 0.231 e. The molecule has 0 unspecified atom stereocenters. The molecule has 2 aliphatic rings. The number of carboxylic acid groups (broad SMARTS) is 1. The number of carboxylic acids is 1. The van der Waals surface area contributed by atoms with E-state index in [1.54, 1.807) is 30.3 Å². The number of aromatic carboxylic acids is 1. The minimum absolute atomic E-state index is 0.0386. The van der Waals surface area contributed by atoms with E-state index in [1.165, 1.54) is 4.90 Å². The van der Waals surface area contributed by atoms with E-state index >= 15 is 0 Å². The summed E-state index contributed by atoms with van der Waals surface area (Å²) in [5.74, 6) is -0.974. The van der Waals surface area contributed by atoms with E-state index in [-0.39, 0.29) is 37.0 Å². The average Bonchev–Trinajstić information content (AvgIpc) is 3.11. The van der Waals surface area contributed by atoms with Gasteiger partial charge in [-0.2, -0.15) is 0 Å². The normalized spacial score (nSPS) is 14.9. The molecule has 0 saturated heterocycles. The lowest BCUT2D eigenvalue weighted by Crippen LogP contribution is -2.29. The summed E-state index contributed by atoms with van der Waals surface area (Å²) < 4.78 is 10.4. The highest BCUT2D eigenvalue weighted by molar-refractivity contribution is 6.30. The van der Waals surface area contributed by atoms with Crippen molar-refractivity contribution in [1.29, 1.82) is 0 Å². The van der Waals surface area contributed by atoms with Crippen LogP contribution in [0.15, 0.2) is 30.3 Å². The van der Waals surface area contributed by atoms with Gasteiger partial charge in [0.15, 0.2) is 11.5 Å². The molecule has 0 fully saturated rings. The van der Waals surface area contributed by atoms with Crippen molar-refractivity contribution >= 4 is 29.2 Å². The fourth-order valence-corrected chi connectivity index (χ4v) is 3.26. The van der Waals surface area contributed by atoms with Crippen LogP contribution in [-0.2, 0) is 17.8 Å². The van der Waals surface area contributed by atoms with Crippen molar-refractivity contribution in [1.82, 2.24) is 0 Å². The summed E-state index contributed by atoms with van der Waals surface area (Å²) in [5.41, 5.74) is 1.89. The summed E-state index contributed by atoms with van der Waals surface area (Å²) in [7, 11) is 0. The summed E-state index contributed by atoms with van der Waals surface area (Å²) in [5, 5.41) is 12.1. The average molecular weight is 345 g/mol.